The molecule has 0 aromatic carbocycles. The number of fused-ring (bicyclic) bond motifs is 5. The number of esters is 1. The number of allylic oxidation sites excluding steroid dienone is 1. The van der Waals surface area contributed by atoms with Gasteiger partial charge in [0.25, 0.3) is 0 Å². The summed E-state index contributed by atoms with van der Waals surface area (Å²) in [5, 5.41) is 0.855. The molecule has 0 bridgehead atoms. The molecule has 4 rings (SSSR count). The maximum atomic E-state index is 12.2. The fourth-order valence-corrected chi connectivity index (χ4v) is 7.41. The quantitative estimate of drug-likeness (QED) is 0.425. The van der Waals surface area contributed by atoms with Crippen LogP contribution in [0, 0.1) is 28.6 Å². The number of hydrogen-bond acceptors (Lipinski definition) is 3. The van der Waals surface area contributed by atoms with Crippen LogP contribution in [0.15, 0.2) is 11.6 Å². The summed E-state index contributed by atoms with van der Waals surface area (Å²) in [6, 6.07) is 0. The average Bonchev–Trinajstić information content (AvgIpc) is 2.97. The SMILES string of the molecule is CC12CCC(=O)C=C1CC[C@@H]1[C@@H]2CC[C@]2(C)[C@@H](OC(=O)CCCBr)CC[C@@H]12. The molecule has 3 nitrogen and oxygen atoms in total. The number of alkyl halides is 1. The molecule has 0 aliphatic heterocycles. The van der Waals surface area contributed by atoms with Crippen LogP contribution in [0.5, 0.6) is 0 Å². The van der Waals surface area contributed by atoms with Gasteiger partial charge in [-0.15, -0.1) is 0 Å². The molecule has 0 amide bonds. The lowest BCUT2D eigenvalue weighted by Gasteiger charge is -2.57. The number of rotatable bonds is 4. The molecule has 0 N–H and O–H groups in total. The topological polar surface area (TPSA) is 43.4 Å². The highest BCUT2D eigenvalue weighted by Gasteiger charge is 2.59. The van der Waals surface area contributed by atoms with E-state index in [-0.39, 0.29) is 22.9 Å². The molecule has 1 unspecified atom stereocenters. The summed E-state index contributed by atoms with van der Waals surface area (Å²) in [4.78, 5) is 24.2. The Morgan fingerprint density at radius 1 is 1.15 bits per heavy atom. The lowest BCUT2D eigenvalue weighted by molar-refractivity contribution is -0.159. The van der Waals surface area contributed by atoms with Crippen molar-refractivity contribution in [2.75, 3.05) is 5.33 Å². The first kappa shape index (κ1) is 19.7. The van der Waals surface area contributed by atoms with Gasteiger partial charge in [-0.2, -0.15) is 0 Å². The van der Waals surface area contributed by atoms with Crippen LogP contribution < -0.4 is 0 Å². The van der Waals surface area contributed by atoms with E-state index < -0.39 is 0 Å². The van der Waals surface area contributed by atoms with E-state index in [1.54, 1.807) is 0 Å². The molecular weight excluding hydrogens is 404 g/mol. The zero-order valence-electron chi connectivity index (χ0n) is 16.8. The van der Waals surface area contributed by atoms with Crippen LogP contribution in [0.2, 0.25) is 0 Å². The molecule has 150 valence electrons. The minimum atomic E-state index is -0.0185. The van der Waals surface area contributed by atoms with Gasteiger partial charge < -0.3 is 4.74 Å². The lowest BCUT2D eigenvalue weighted by Crippen LogP contribution is -2.51. The highest BCUT2D eigenvalue weighted by molar-refractivity contribution is 9.09. The third-order valence-electron chi connectivity index (χ3n) is 8.66. The van der Waals surface area contributed by atoms with E-state index in [1.807, 2.05) is 6.08 Å². The molecule has 3 saturated carbocycles. The van der Waals surface area contributed by atoms with Crippen LogP contribution in [0.1, 0.15) is 78.1 Å². The second kappa shape index (κ2) is 7.31. The Kier molecular flexibility index (Phi) is 5.33. The second-order valence-corrected chi connectivity index (χ2v) is 10.7. The Morgan fingerprint density at radius 3 is 2.74 bits per heavy atom. The van der Waals surface area contributed by atoms with E-state index in [2.05, 4.69) is 29.8 Å². The zero-order valence-corrected chi connectivity index (χ0v) is 18.4. The average molecular weight is 437 g/mol. The van der Waals surface area contributed by atoms with Crippen molar-refractivity contribution < 1.29 is 14.3 Å². The van der Waals surface area contributed by atoms with E-state index >= 15 is 0 Å². The molecule has 0 radical (unpaired) electrons. The summed E-state index contributed by atoms with van der Waals surface area (Å²) in [7, 11) is 0. The van der Waals surface area contributed by atoms with Crippen molar-refractivity contribution in [2.45, 2.75) is 84.2 Å². The van der Waals surface area contributed by atoms with Gasteiger partial charge in [-0.1, -0.05) is 35.4 Å². The highest BCUT2D eigenvalue weighted by Crippen LogP contribution is 2.65. The molecule has 4 heteroatoms. The fourth-order valence-electron chi connectivity index (χ4n) is 7.13. The molecule has 4 aliphatic rings. The van der Waals surface area contributed by atoms with Gasteiger partial charge in [-0.3, -0.25) is 9.59 Å². The largest absolute Gasteiger partial charge is 0.462 e. The van der Waals surface area contributed by atoms with Crippen molar-refractivity contribution >= 4 is 27.7 Å². The number of ketones is 1. The molecule has 0 aromatic heterocycles. The standard InChI is InChI=1S/C23H33BrO3/c1-22-11-9-16(25)14-15(22)5-6-17-18-7-8-20(27-21(26)4-3-13-24)23(18,2)12-10-19(17)22/h14,17-20H,3-13H2,1-2H3/t17-,18-,19-,20-,22?,23-/m0/s1. The first-order valence-electron chi connectivity index (χ1n) is 10.9. The maximum Gasteiger partial charge on any atom is 0.306 e. The Hall–Kier alpha value is -0.640. The number of halogens is 1. The Morgan fingerprint density at radius 2 is 1.96 bits per heavy atom. The van der Waals surface area contributed by atoms with Gasteiger partial charge in [-0.25, -0.2) is 0 Å². The van der Waals surface area contributed by atoms with Crippen LogP contribution in [0.25, 0.3) is 0 Å². The fraction of sp³-hybridized carbons (Fsp3) is 0.826. The number of hydrogen-bond donors (Lipinski definition) is 0. The van der Waals surface area contributed by atoms with Crippen LogP contribution in [-0.4, -0.2) is 23.2 Å². The number of carbonyl (C=O) groups is 2. The van der Waals surface area contributed by atoms with Crippen molar-refractivity contribution in [3.63, 3.8) is 0 Å². The van der Waals surface area contributed by atoms with Gasteiger partial charge >= 0.3 is 5.97 Å². The van der Waals surface area contributed by atoms with Gasteiger partial charge in [-0.05, 0) is 80.6 Å². The highest BCUT2D eigenvalue weighted by atomic mass is 79.9. The Labute approximate surface area is 171 Å². The normalized spacial score (nSPS) is 43.4. The van der Waals surface area contributed by atoms with Gasteiger partial charge in [0.1, 0.15) is 6.10 Å². The molecule has 0 heterocycles. The predicted molar refractivity (Wildman–Crippen MR) is 110 cm³/mol. The van der Waals surface area contributed by atoms with E-state index in [1.165, 1.54) is 24.8 Å². The summed E-state index contributed by atoms with van der Waals surface area (Å²) < 4.78 is 6.00. The maximum absolute atomic E-state index is 12.2. The number of carbonyl (C=O) groups excluding carboxylic acids is 2. The third-order valence-corrected chi connectivity index (χ3v) is 9.22. The monoisotopic (exact) mass is 436 g/mol. The smallest absolute Gasteiger partial charge is 0.306 e. The van der Waals surface area contributed by atoms with Gasteiger partial charge in [0.05, 0.1) is 0 Å². The van der Waals surface area contributed by atoms with E-state index in [4.69, 9.17) is 4.74 Å². The number of ether oxygens (including phenoxy) is 1. The molecule has 3 fully saturated rings. The van der Waals surface area contributed by atoms with Crippen molar-refractivity contribution in [2.24, 2.45) is 28.6 Å². The Bertz CT molecular complexity index is 656. The van der Waals surface area contributed by atoms with Crippen LogP contribution >= 0.6 is 15.9 Å². The van der Waals surface area contributed by atoms with Crippen molar-refractivity contribution in [1.29, 1.82) is 0 Å². The summed E-state index contributed by atoms with van der Waals surface area (Å²) in [5.74, 6) is 2.41. The van der Waals surface area contributed by atoms with E-state index in [0.717, 1.165) is 49.8 Å². The first-order chi connectivity index (χ1) is 12.9. The van der Waals surface area contributed by atoms with Crippen molar-refractivity contribution in [3.8, 4) is 0 Å². The summed E-state index contributed by atoms with van der Waals surface area (Å²) in [5.41, 5.74) is 1.80. The van der Waals surface area contributed by atoms with Crippen molar-refractivity contribution in [3.05, 3.63) is 11.6 Å². The minimum absolute atomic E-state index is 0.0185. The third kappa shape index (κ3) is 3.24. The summed E-state index contributed by atoms with van der Waals surface area (Å²) >= 11 is 3.40. The lowest BCUT2D eigenvalue weighted by atomic mass is 9.47. The molecule has 27 heavy (non-hydrogen) atoms. The van der Waals surface area contributed by atoms with E-state index in [9.17, 15) is 9.59 Å². The minimum Gasteiger partial charge on any atom is -0.462 e. The first-order valence-corrected chi connectivity index (χ1v) is 12.0. The molecule has 4 aliphatic carbocycles. The molecule has 0 saturated heterocycles. The molecule has 6 atom stereocenters. The van der Waals surface area contributed by atoms with Crippen LogP contribution in [0.3, 0.4) is 0 Å². The second-order valence-electron chi connectivity index (χ2n) is 9.86. The predicted octanol–water partition coefficient (Wildman–Crippen LogP) is 5.61. The van der Waals surface area contributed by atoms with Crippen LogP contribution in [0.4, 0.5) is 0 Å². The van der Waals surface area contributed by atoms with Gasteiger partial charge in [0.15, 0.2) is 5.78 Å². The zero-order chi connectivity index (χ0) is 19.2. The molecule has 0 aromatic rings. The van der Waals surface area contributed by atoms with Crippen molar-refractivity contribution in [1.82, 2.24) is 0 Å². The summed E-state index contributed by atoms with van der Waals surface area (Å²) in [6.07, 6.45) is 12.1. The van der Waals surface area contributed by atoms with Gasteiger partial charge in [0.2, 0.25) is 0 Å². The van der Waals surface area contributed by atoms with E-state index in [0.29, 0.717) is 24.0 Å². The summed E-state index contributed by atoms with van der Waals surface area (Å²) in [6.45, 7) is 4.82. The van der Waals surface area contributed by atoms with Gasteiger partial charge in [0, 0.05) is 23.6 Å². The molecule has 0 spiro atoms. The molecular formula is C23H33BrO3. The van der Waals surface area contributed by atoms with Crippen LogP contribution in [-0.2, 0) is 14.3 Å². The Balaban J connectivity index is 1.51.